The van der Waals surface area contributed by atoms with E-state index < -0.39 is 0 Å². The highest BCUT2D eigenvalue weighted by Gasteiger charge is 2.10. The van der Waals surface area contributed by atoms with Crippen molar-refractivity contribution in [3.05, 3.63) is 41.4 Å². The van der Waals surface area contributed by atoms with Crippen LogP contribution in [0.15, 0.2) is 34.9 Å². The molecular formula is C17H20ClN3O3. The van der Waals surface area contributed by atoms with E-state index in [1.54, 1.807) is 18.3 Å². The number of aromatic nitrogens is 1. The van der Waals surface area contributed by atoms with Gasteiger partial charge in [0, 0.05) is 30.0 Å². The minimum atomic E-state index is -0.215. The Balaban J connectivity index is 1.77. The third-order valence-electron chi connectivity index (χ3n) is 3.27. The van der Waals surface area contributed by atoms with Crippen molar-refractivity contribution in [3.63, 3.8) is 0 Å². The van der Waals surface area contributed by atoms with E-state index in [2.05, 4.69) is 15.6 Å². The van der Waals surface area contributed by atoms with E-state index in [-0.39, 0.29) is 24.8 Å². The van der Waals surface area contributed by atoms with Gasteiger partial charge in [0.25, 0.3) is 0 Å². The van der Waals surface area contributed by atoms with Crippen molar-refractivity contribution in [2.24, 2.45) is 0 Å². The molecule has 0 spiro atoms. The number of aryl methyl sites for hydroxylation is 1. The highest BCUT2D eigenvalue weighted by atomic mass is 35.5. The van der Waals surface area contributed by atoms with Crippen LogP contribution in [0.1, 0.15) is 25.7 Å². The van der Waals surface area contributed by atoms with Gasteiger partial charge in [-0.05, 0) is 30.7 Å². The van der Waals surface area contributed by atoms with Gasteiger partial charge in [0.1, 0.15) is 0 Å². The van der Waals surface area contributed by atoms with Crippen molar-refractivity contribution in [1.82, 2.24) is 15.6 Å². The number of amides is 2. The predicted octanol–water partition coefficient (Wildman–Crippen LogP) is 2.57. The third-order valence-corrected chi connectivity index (χ3v) is 3.52. The highest BCUT2D eigenvalue weighted by molar-refractivity contribution is 6.30. The predicted molar refractivity (Wildman–Crippen MR) is 91.6 cm³/mol. The summed E-state index contributed by atoms with van der Waals surface area (Å²) in [5.74, 6) is 0.700. The molecule has 128 valence electrons. The number of carbonyl (C=O) groups excluding carboxylic acids is 2. The summed E-state index contributed by atoms with van der Waals surface area (Å²) >= 11 is 5.85. The largest absolute Gasteiger partial charge is 0.441 e. The molecule has 0 fully saturated rings. The molecule has 1 aromatic heterocycles. The average Bonchev–Trinajstić information content (AvgIpc) is 3.06. The number of nitrogens with one attached hydrogen (secondary N) is 2. The average molecular weight is 350 g/mol. The maximum atomic E-state index is 11.7. The Kier molecular flexibility index (Phi) is 6.81. The highest BCUT2D eigenvalue weighted by Crippen LogP contribution is 2.22. The lowest BCUT2D eigenvalue weighted by Crippen LogP contribution is -2.37. The maximum absolute atomic E-state index is 11.7. The number of halogens is 1. The SMILES string of the molecule is CCCNC(=O)CNC(=O)CCc1ncc(-c2ccc(Cl)cc2)o1. The standard InChI is InChI=1S/C17H20ClN3O3/c1-2-9-19-16(23)11-20-15(22)7-8-17-21-10-14(24-17)12-3-5-13(18)6-4-12/h3-6,10H,2,7-9,11H2,1H3,(H,19,23)(H,20,22). The van der Waals surface area contributed by atoms with E-state index in [0.29, 0.717) is 29.6 Å². The van der Waals surface area contributed by atoms with Crippen LogP contribution in [0.25, 0.3) is 11.3 Å². The Hall–Kier alpha value is -2.34. The summed E-state index contributed by atoms with van der Waals surface area (Å²) < 4.78 is 5.63. The van der Waals surface area contributed by atoms with Crippen LogP contribution in [-0.2, 0) is 16.0 Å². The number of nitrogens with zero attached hydrogens (tertiary/aromatic N) is 1. The van der Waals surface area contributed by atoms with Gasteiger partial charge in [-0.1, -0.05) is 18.5 Å². The van der Waals surface area contributed by atoms with Gasteiger partial charge in [-0.15, -0.1) is 0 Å². The summed E-state index contributed by atoms with van der Waals surface area (Å²) in [6.45, 7) is 2.56. The third kappa shape index (κ3) is 5.70. The summed E-state index contributed by atoms with van der Waals surface area (Å²) in [4.78, 5) is 27.3. The Labute approximate surface area is 145 Å². The van der Waals surface area contributed by atoms with E-state index in [1.807, 2.05) is 19.1 Å². The topological polar surface area (TPSA) is 84.2 Å². The summed E-state index contributed by atoms with van der Waals surface area (Å²) in [6, 6.07) is 7.23. The van der Waals surface area contributed by atoms with Crippen molar-refractivity contribution in [3.8, 4) is 11.3 Å². The van der Waals surface area contributed by atoms with E-state index in [1.165, 1.54) is 0 Å². The number of hydrogen-bond donors (Lipinski definition) is 2. The normalized spacial score (nSPS) is 10.4. The van der Waals surface area contributed by atoms with Gasteiger partial charge in [-0.25, -0.2) is 4.98 Å². The van der Waals surface area contributed by atoms with Crippen molar-refractivity contribution >= 4 is 23.4 Å². The van der Waals surface area contributed by atoms with Crippen LogP contribution in [0.5, 0.6) is 0 Å². The molecule has 0 radical (unpaired) electrons. The zero-order chi connectivity index (χ0) is 17.4. The first-order valence-electron chi connectivity index (χ1n) is 7.82. The molecule has 0 atom stereocenters. The molecule has 1 heterocycles. The molecule has 0 unspecified atom stereocenters. The summed E-state index contributed by atoms with van der Waals surface area (Å²) in [6.07, 6.45) is 3.06. The minimum absolute atomic E-state index is 0.0135. The maximum Gasteiger partial charge on any atom is 0.239 e. The Morgan fingerprint density at radius 2 is 1.92 bits per heavy atom. The van der Waals surface area contributed by atoms with Gasteiger partial charge in [0.15, 0.2) is 11.7 Å². The van der Waals surface area contributed by atoms with Crippen LogP contribution in [0, 0.1) is 0 Å². The second-order valence-electron chi connectivity index (χ2n) is 5.25. The first-order chi connectivity index (χ1) is 11.6. The molecule has 0 aliphatic rings. The van der Waals surface area contributed by atoms with Gasteiger partial charge in [0.05, 0.1) is 12.7 Å². The minimum Gasteiger partial charge on any atom is -0.441 e. The molecule has 24 heavy (non-hydrogen) atoms. The molecule has 0 saturated heterocycles. The van der Waals surface area contributed by atoms with Crippen molar-refractivity contribution in [1.29, 1.82) is 0 Å². The fourth-order valence-corrected chi connectivity index (χ4v) is 2.11. The number of benzene rings is 1. The molecule has 2 rings (SSSR count). The van der Waals surface area contributed by atoms with Gasteiger partial charge < -0.3 is 15.1 Å². The summed E-state index contributed by atoms with van der Waals surface area (Å²) in [5.41, 5.74) is 0.871. The monoisotopic (exact) mass is 349 g/mol. The molecule has 0 aliphatic heterocycles. The van der Waals surface area contributed by atoms with Crippen molar-refractivity contribution < 1.29 is 14.0 Å². The van der Waals surface area contributed by atoms with E-state index in [9.17, 15) is 9.59 Å². The van der Waals surface area contributed by atoms with E-state index >= 15 is 0 Å². The second-order valence-corrected chi connectivity index (χ2v) is 5.69. The zero-order valence-corrected chi connectivity index (χ0v) is 14.2. The number of rotatable bonds is 8. The molecular weight excluding hydrogens is 330 g/mol. The Bertz CT molecular complexity index is 683. The van der Waals surface area contributed by atoms with Gasteiger partial charge in [-0.3, -0.25) is 9.59 Å². The van der Waals surface area contributed by atoms with Gasteiger partial charge >= 0.3 is 0 Å². The lowest BCUT2D eigenvalue weighted by atomic mass is 10.2. The Morgan fingerprint density at radius 3 is 2.62 bits per heavy atom. The first-order valence-corrected chi connectivity index (χ1v) is 8.20. The van der Waals surface area contributed by atoms with Gasteiger partial charge in [-0.2, -0.15) is 0 Å². The molecule has 2 amide bonds. The molecule has 0 saturated carbocycles. The molecule has 2 N–H and O–H groups in total. The lowest BCUT2D eigenvalue weighted by molar-refractivity contribution is -0.126. The fraction of sp³-hybridized carbons (Fsp3) is 0.353. The smallest absolute Gasteiger partial charge is 0.239 e. The van der Waals surface area contributed by atoms with Crippen LogP contribution in [0.4, 0.5) is 0 Å². The Morgan fingerprint density at radius 1 is 1.17 bits per heavy atom. The van der Waals surface area contributed by atoms with Crippen molar-refractivity contribution in [2.45, 2.75) is 26.2 Å². The second kappa shape index (κ2) is 9.08. The first kappa shape index (κ1) is 18.0. The summed E-state index contributed by atoms with van der Waals surface area (Å²) in [7, 11) is 0. The molecule has 6 nitrogen and oxygen atoms in total. The molecule has 0 bridgehead atoms. The van der Waals surface area contributed by atoms with Crippen LogP contribution in [-0.4, -0.2) is 29.9 Å². The number of hydrogen-bond acceptors (Lipinski definition) is 4. The van der Waals surface area contributed by atoms with Crippen LogP contribution in [0.3, 0.4) is 0 Å². The molecule has 0 aliphatic carbocycles. The summed E-state index contributed by atoms with van der Waals surface area (Å²) in [5, 5.41) is 5.92. The van der Waals surface area contributed by atoms with Crippen LogP contribution in [0.2, 0.25) is 5.02 Å². The fourth-order valence-electron chi connectivity index (χ4n) is 1.99. The zero-order valence-electron chi connectivity index (χ0n) is 13.5. The number of carbonyl (C=O) groups is 2. The quantitative estimate of drug-likeness (QED) is 0.767. The van der Waals surface area contributed by atoms with E-state index in [4.69, 9.17) is 16.0 Å². The number of oxazole rings is 1. The molecule has 1 aromatic carbocycles. The molecule has 7 heteroatoms. The molecule has 2 aromatic rings. The van der Waals surface area contributed by atoms with Crippen LogP contribution >= 0.6 is 11.6 Å². The van der Waals surface area contributed by atoms with Crippen LogP contribution < -0.4 is 10.6 Å². The van der Waals surface area contributed by atoms with Gasteiger partial charge in [0.2, 0.25) is 11.8 Å². The lowest BCUT2D eigenvalue weighted by Gasteiger charge is -2.05. The van der Waals surface area contributed by atoms with Crippen molar-refractivity contribution in [2.75, 3.05) is 13.1 Å². The van der Waals surface area contributed by atoms with E-state index in [0.717, 1.165) is 12.0 Å².